The van der Waals surface area contributed by atoms with Crippen molar-refractivity contribution in [3.8, 4) is 6.07 Å². The van der Waals surface area contributed by atoms with Gasteiger partial charge < -0.3 is 5.32 Å². The second-order valence-corrected chi connectivity index (χ2v) is 5.58. The Morgan fingerprint density at radius 1 is 1.06 bits per heavy atom. The maximum Gasteiger partial charge on any atom is 0.103 e. The second-order valence-electron chi connectivity index (χ2n) is 3.52. The zero-order chi connectivity index (χ0) is 13.1. The van der Waals surface area contributed by atoms with E-state index in [1.165, 1.54) is 0 Å². The summed E-state index contributed by atoms with van der Waals surface area (Å²) in [5.74, 6) is 0. The molecular formula is C13H7Cl2IN2. The molecule has 2 aromatic rings. The Balaban J connectivity index is 2.41. The van der Waals surface area contributed by atoms with E-state index < -0.39 is 0 Å². The summed E-state index contributed by atoms with van der Waals surface area (Å²) in [7, 11) is 0. The molecule has 0 amide bonds. The fourth-order valence-electron chi connectivity index (χ4n) is 1.48. The van der Waals surface area contributed by atoms with Crippen LogP contribution in [0.15, 0.2) is 36.4 Å². The van der Waals surface area contributed by atoms with Crippen molar-refractivity contribution in [1.82, 2.24) is 0 Å². The topological polar surface area (TPSA) is 35.8 Å². The van der Waals surface area contributed by atoms with Crippen LogP contribution in [0.5, 0.6) is 0 Å². The number of halogens is 3. The number of nitriles is 1. The standard InChI is InChI=1S/C13H7Cl2IN2/c14-10-2-1-3-12(9(10)7-17)18-13-5-4-8(16)6-11(13)15/h1-6,18H. The highest BCUT2D eigenvalue weighted by molar-refractivity contribution is 14.1. The molecule has 90 valence electrons. The molecule has 2 nitrogen and oxygen atoms in total. The van der Waals surface area contributed by atoms with Crippen LogP contribution in [0, 0.1) is 14.9 Å². The van der Waals surface area contributed by atoms with Gasteiger partial charge in [-0.05, 0) is 52.9 Å². The van der Waals surface area contributed by atoms with E-state index in [4.69, 9.17) is 28.5 Å². The Labute approximate surface area is 129 Å². The van der Waals surface area contributed by atoms with Crippen molar-refractivity contribution >= 4 is 57.2 Å². The van der Waals surface area contributed by atoms with E-state index >= 15 is 0 Å². The van der Waals surface area contributed by atoms with E-state index in [2.05, 4.69) is 34.0 Å². The predicted molar refractivity (Wildman–Crippen MR) is 83.6 cm³/mol. The van der Waals surface area contributed by atoms with Crippen LogP contribution in [-0.4, -0.2) is 0 Å². The van der Waals surface area contributed by atoms with Gasteiger partial charge in [-0.15, -0.1) is 0 Å². The summed E-state index contributed by atoms with van der Waals surface area (Å²) in [6, 6.07) is 13.0. The lowest BCUT2D eigenvalue weighted by molar-refractivity contribution is 1.46. The van der Waals surface area contributed by atoms with Crippen molar-refractivity contribution in [2.75, 3.05) is 5.32 Å². The summed E-state index contributed by atoms with van der Waals surface area (Å²) in [5, 5.41) is 13.2. The molecular weight excluding hydrogens is 382 g/mol. The zero-order valence-electron chi connectivity index (χ0n) is 9.05. The van der Waals surface area contributed by atoms with Gasteiger partial charge in [-0.2, -0.15) is 5.26 Å². The Bertz CT molecular complexity index is 635. The van der Waals surface area contributed by atoms with Crippen LogP contribution >= 0.6 is 45.8 Å². The van der Waals surface area contributed by atoms with Crippen LogP contribution < -0.4 is 5.32 Å². The normalized spacial score (nSPS) is 9.89. The van der Waals surface area contributed by atoms with Gasteiger partial charge in [-0.25, -0.2) is 0 Å². The predicted octanol–water partition coefficient (Wildman–Crippen LogP) is 5.21. The summed E-state index contributed by atoms with van der Waals surface area (Å²) < 4.78 is 1.05. The maximum atomic E-state index is 9.08. The zero-order valence-corrected chi connectivity index (χ0v) is 12.7. The van der Waals surface area contributed by atoms with Crippen LogP contribution in [0.3, 0.4) is 0 Å². The number of benzene rings is 2. The summed E-state index contributed by atoms with van der Waals surface area (Å²) in [5.41, 5.74) is 1.80. The van der Waals surface area contributed by atoms with Crippen molar-refractivity contribution in [2.45, 2.75) is 0 Å². The van der Waals surface area contributed by atoms with Gasteiger partial charge in [0.1, 0.15) is 6.07 Å². The molecule has 0 heterocycles. The average molecular weight is 389 g/mol. The molecule has 0 radical (unpaired) electrons. The number of anilines is 2. The molecule has 18 heavy (non-hydrogen) atoms. The van der Waals surface area contributed by atoms with Crippen molar-refractivity contribution in [3.05, 3.63) is 55.6 Å². The molecule has 0 aromatic heterocycles. The highest BCUT2D eigenvalue weighted by Crippen LogP contribution is 2.30. The summed E-state index contributed by atoms with van der Waals surface area (Å²) in [6.45, 7) is 0. The monoisotopic (exact) mass is 388 g/mol. The highest BCUT2D eigenvalue weighted by Gasteiger charge is 2.08. The van der Waals surface area contributed by atoms with Gasteiger partial charge in [0, 0.05) is 3.57 Å². The molecule has 2 aromatic carbocycles. The quantitative estimate of drug-likeness (QED) is 0.716. The van der Waals surface area contributed by atoms with Gasteiger partial charge in [0.05, 0.1) is 27.0 Å². The third-order valence-corrected chi connectivity index (χ3v) is 3.62. The molecule has 0 aliphatic heterocycles. The summed E-state index contributed by atoms with van der Waals surface area (Å²) >= 11 is 14.3. The van der Waals surface area contributed by atoms with Crippen molar-refractivity contribution in [2.24, 2.45) is 0 Å². The van der Waals surface area contributed by atoms with Crippen LogP contribution in [0.4, 0.5) is 11.4 Å². The van der Waals surface area contributed by atoms with E-state index in [-0.39, 0.29) is 0 Å². The Morgan fingerprint density at radius 2 is 1.83 bits per heavy atom. The van der Waals surface area contributed by atoms with Gasteiger partial charge in [-0.3, -0.25) is 0 Å². The minimum absolute atomic E-state index is 0.411. The van der Waals surface area contributed by atoms with Crippen LogP contribution in [0.2, 0.25) is 10.0 Å². The minimum Gasteiger partial charge on any atom is -0.353 e. The SMILES string of the molecule is N#Cc1c(Cl)cccc1Nc1ccc(I)cc1Cl. The molecule has 2 rings (SSSR count). The number of nitrogens with zero attached hydrogens (tertiary/aromatic N) is 1. The first-order valence-corrected chi connectivity index (χ1v) is 6.86. The fraction of sp³-hybridized carbons (Fsp3) is 0. The Hall–Kier alpha value is -0.960. The van der Waals surface area contributed by atoms with E-state index in [0.29, 0.717) is 21.3 Å². The molecule has 0 aliphatic carbocycles. The van der Waals surface area contributed by atoms with Crippen LogP contribution in [0.25, 0.3) is 0 Å². The van der Waals surface area contributed by atoms with Gasteiger partial charge in [0.15, 0.2) is 0 Å². The first-order valence-electron chi connectivity index (χ1n) is 5.02. The first kappa shape index (κ1) is 13.5. The lowest BCUT2D eigenvalue weighted by Crippen LogP contribution is -1.95. The van der Waals surface area contributed by atoms with Crippen molar-refractivity contribution in [3.63, 3.8) is 0 Å². The molecule has 0 saturated heterocycles. The number of hydrogen-bond donors (Lipinski definition) is 1. The van der Waals surface area contributed by atoms with Crippen molar-refractivity contribution in [1.29, 1.82) is 5.26 Å². The molecule has 0 saturated carbocycles. The van der Waals surface area contributed by atoms with E-state index in [0.717, 1.165) is 9.26 Å². The number of rotatable bonds is 2. The molecule has 0 fully saturated rings. The molecule has 0 unspecified atom stereocenters. The van der Waals surface area contributed by atoms with E-state index in [1.807, 2.05) is 18.2 Å². The van der Waals surface area contributed by atoms with Crippen molar-refractivity contribution < 1.29 is 0 Å². The second kappa shape index (κ2) is 5.79. The smallest absolute Gasteiger partial charge is 0.103 e. The number of nitrogens with one attached hydrogen (secondary N) is 1. The lowest BCUT2D eigenvalue weighted by Gasteiger charge is -2.10. The Morgan fingerprint density at radius 3 is 2.50 bits per heavy atom. The molecule has 1 N–H and O–H groups in total. The lowest BCUT2D eigenvalue weighted by atomic mass is 10.2. The van der Waals surface area contributed by atoms with Crippen LogP contribution in [-0.2, 0) is 0 Å². The molecule has 5 heteroatoms. The maximum absolute atomic E-state index is 9.08. The highest BCUT2D eigenvalue weighted by atomic mass is 127. The largest absolute Gasteiger partial charge is 0.353 e. The van der Waals surface area contributed by atoms with Crippen LogP contribution in [0.1, 0.15) is 5.56 Å². The third-order valence-electron chi connectivity index (χ3n) is 2.33. The van der Waals surface area contributed by atoms with Gasteiger partial charge >= 0.3 is 0 Å². The molecule has 0 spiro atoms. The first-order chi connectivity index (χ1) is 8.61. The summed E-state index contributed by atoms with van der Waals surface area (Å²) in [6.07, 6.45) is 0. The van der Waals surface area contributed by atoms with Gasteiger partial charge in [0.25, 0.3) is 0 Å². The summed E-state index contributed by atoms with van der Waals surface area (Å²) in [4.78, 5) is 0. The average Bonchev–Trinajstić information content (AvgIpc) is 2.33. The fourth-order valence-corrected chi connectivity index (χ4v) is 2.60. The molecule has 0 bridgehead atoms. The van der Waals surface area contributed by atoms with Gasteiger partial charge in [-0.1, -0.05) is 29.3 Å². The molecule has 0 atom stereocenters. The molecule has 0 aliphatic rings. The third kappa shape index (κ3) is 2.89. The van der Waals surface area contributed by atoms with Gasteiger partial charge in [0.2, 0.25) is 0 Å². The minimum atomic E-state index is 0.411. The van der Waals surface area contributed by atoms with E-state index in [1.54, 1.807) is 18.2 Å². The number of hydrogen-bond acceptors (Lipinski definition) is 2. The van der Waals surface area contributed by atoms with E-state index in [9.17, 15) is 0 Å². The Kier molecular flexibility index (Phi) is 4.33.